The topological polar surface area (TPSA) is 44.7 Å². The van der Waals surface area contributed by atoms with Crippen molar-refractivity contribution in [3.05, 3.63) is 36.4 Å². The van der Waals surface area contributed by atoms with Gasteiger partial charge in [-0.05, 0) is 25.0 Å². The number of nitrogens with zero attached hydrogens (tertiary/aromatic N) is 1. The van der Waals surface area contributed by atoms with Gasteiger partial charge in [-0.25, -0.2) is 0 Å². The molecule has 1 heterocycles. The lowest BCUT2D eigenvalue weighted by Crippen LogP contribution is -2.45. The summed E-state index contributed by atoms with van der Waals surface area (Å²) < 4.78 is 5.45. The molecule has 1 aromatic carbocycles. The number of aromatic hydroxyl groups is 1. The maximum absolute atomic E-state index is 10.3. The SMILES string of the molecule is C=CCC[C@H](c1c(O)cccc1OC)N1CCNCC1.Cl.Cl. The molecule has 2 rings (SSSR count). The van der Waals surface area contributed by atoms with E-state index in [9.17, 15) is 5.11 Å². The third-order valence-electron chi connectivity index (χ3n) is 3.83. The average Bonchev–Trinajstić information content (AvgIpc) is 2.50. The van der Waals surface area contributed by atoms with Gasteiger partial charge in [-0.2, -0.15) is 0 Å². The van der Waals surface area contributed by atoms with Crippen molar-refractivity contribution in [3.8, 4) is 11.5 Å². The molecule has 0 bridgehead atoms. The van der Waals surface area contributed by atoms with Crippen LogP contribution < -0.4 is 10.1 Å². The fourth-order valence-corrected chi connectivity index (χ4v) is 2.82. The van der Waals surface area contributed by atoms with E-state index in [1.54, 1.807) is 13.2 Å². The third kappa shape index (κ3) is 5.06. The molecule has 0 radical (unpaired) electrons. The number of ether oxygens (including phenoxy) is 1. The van der Waals surface area contributed by atoms with Crippen LogP contribution in [0.3, 0.4) is 0 Å². The number of methoxy groups -OCH3 is 1. The standard InChI is InChI=1S/C16H24N2O2.2ClH/c1-3-4-6-13(18-11-9-17-10-12-18)16-14(19)7-5-8-15(16)20-2;;/h3,5,7-8,13,17,19H,1,4,6,9-12H2,2H3;2*1H/t13-;;/m1../s1. The number of nitrogens with one attached hydrogen (secondary N) is 1. The maximum Gasteiger partial charge on any atom is 0.127 e. The molecular weight excluding hydrogens is 323 g/mol. The van der Waals surface area contributed by atoms with Gasteiger partial charge in [-0.3, -0.25) is 4.90 Å². The van der Waals surface area contributed by atoms with Gasteiger partial charge in [-0.15, -0.1) is 31.4 Å². The maximum atomic E-state index is 10.3. The van der Waals surface area contributed by atoms with Crippen LogP contribution >= 0.6 is 24.8 Å². The number of allylic oxidation sites excluding steroid dienone is 1. The molecule has 1 atom stereocenters. The monoisotopic (exact) mass is 348 g/mol. The molecule has 0 unspecified atom stereocenters. The zero-order valence-corrected chi connectivity index (χ0v) is 14.6. The number of hydrogen-bond acceptors (Lipinski definition) is 4. The van der Waals surface area contributed by atoms with Crippen LogP contribution in [0.15, 0.2) is 30.9 Å². The number of hydrogen-bond donors (Lipinski definition) is 2. The van der Waals surface area contributed by atoms with E-state index in [0.29, 0.717) is 5.75 Å². The van der Waals surface area contributed by atoms with Crippen molar-refractivity contribution in [2.24, 2.45) is 0 Å². The van der Waals surface area contributed by atoms with Gasteiger partial charge in [0, 0.05) is 32.2 Å². The lowest BCUT2D eigenvalue weighted by molar-refractivity contribution is 0.160. The fraction of sp³-hybridized carbons (Fsp3) is 0.500. The first kappa shape index (κ1) is 21.1. The molecule has 2 N–H and O–H groups in total. The van der Waals surface area contributed by atoms with Crippen molar-refractivity contribution >= 4 is 24.8 Å². The van der Waals surface area contributed by atoms with E-state index in [2.05, 4.69) is 16.8 Å². The Morgan fingerprint density at radius 1 is 1.36 bits per heavy atom. The summed E-state index contributed by atoms with van der Waals surface area (Å²) in [6.45, 7) is 7.76. The van der Waals surface area contributed by atoms with E-state index in [0.717, 1.165) is 50.3 Å². The smallest absolute Gasteiger partial charge is 0.127 e. The molecule has 22 heavy (non-hydrogen) atoms. The van der Waals surface area contributed by atoms with Crippen molar-refractivity contribution < 1.29 is 9.84 Å². The lowest BCUT2D eigenvalue weighted by atomic mass is 9.97. The van der Waals surface area contributed by atoms with E-state index in [1.165, 1.54) is 0 Å². The molecule has 1 saturated heterocycles. The molecule has 1 aromatic rings. The van der Waals surface area contributed by atoms with E-state index < -0.39 is 0 Å². The second kappa shape index (κ2) is 10.7. The normalized spacial score (nSPS) is 16.0. The molecule has 4 nitrogen and oxygen atoms in total. The van der Waals surface area contributed by atoms with Gasteiger partial charge in [0.2, 0.25) is 0 Å². The minimum absolute atomic E-state index is 0. The highest BCUT2D eigenvalue weighted by Gasteiger charge is 2.26. The number of phenolic OH excluding ortho intramolecular Hbond substituents is 1. The van der Waals surface area contributed by atoms with Crippen LogP contribution in [0.2, 0.25) is 0 Å². The zero-order chi connectivity index (χ0) is 14.4. The number of piperazine rings is 1. The summed E-state index contributed by atoms with van der Waals surface area (Å²) in [6, 6.07) is 5.64. The molecule has 6 heteroatoms. The summed E-state index contributed by atoms with van der Waals surface area (Å²) in [5.74, 6) is 1.08. The molecule has 0 aliphatic carbocycles. The summed E-state index contributed by atoms with van der Waals surface area (Å²) in [5.41, 5.74) is 0.902. The minimum atomic E-state index is 0. The highest BCUT2D eigenvalue weighted by atomic mass is 35.5. The molecule has 1 aliphatic rings. The van der Waals surface area contributed by atoms with Gasteiger partial charge >= 0.3 is 0 Å². The summed E-state index contributed by atoms with van der Waals surface area (Å²) in [7, 11) is 1.65. The van der Waals surface area contributed by atoms with Gasteiger partial charge in [0.25, 0.3) is 0 Å². The summed E-state index contributed by atoms with van der Waals surface area (Å²) in [5, 5.41) is 13.6. The minimum Gasteiger partial charge on any atom is -0.507 e. The quantitative estimate of drug-likeness (QED) is 0.775. The first-order valence-corrected chi connectivity index (χ1v) is 7.19. The van der Waals surface area contributed by atoms with Crippen LogP contribution in [-0.2, 0) is 0 Å². The number of rotatable bonds is 6. The molecule has 1 aliphatic heterocycles. The van der Waals surface area contributed by atoms with Crippen molar-refractivity contribution in [2.45, 2.75) is 18.9 Å². The van der Waals surface area contributed by atoms with Crippen LogP contribution in [0.25, 0.3) is 0 Å². The Balaban J connectivity index is 0.00000220. The fourth-order valence-electron chi connectivity index (χ4n) is 2.82. The summed E-state index contributed by atoms with van der Waals surface area (Å²) in [4.78, 5) is 2.41. The number of halogens is 2. The van der Waals surface area contributed by atoms with Crippen LogP contribution in [0.1, 0.15) is 24.4 Å². The Labute approximate surface area is 145 Å². The van der Waals surface area contributed by atoms with E-state index in [1.807, 2.05) is 18.2 Å². The Kier molecular flexibility index (Phi) is 10.3. The van der Waals surface area contributed by atoms with Crippen LogP contribution in [0.5, 0.6) is 11.5 Å². The Bertz CT molecular complexity index is 452. The predicted octanol–water partition coefficient (Wildman–Crippen LogP) is 3.16. The third-order valence-corrected chi connectivity index (χ3v) is 3.83. The second-order valence-electron chi connectivity index (χ2n) is 5.06. The van der Waals surface area contributed by atoms with E-state index >= 15 is 0 Å². The molecule has 1 fully saturated rings. The lowest BCUT2D eigenvalue weighted by Gasteiger charge is -2.36. The largest absolute Gasteiger partial charge is 0.507 e. The summed E-state index contributed by atoms with van der Waals surface area (Å²) in [6.07, 6.45) is 3.80. The van der Waals surface area contributed by atoms with Gasteiger partial charge in [0.15, 0.2) is 0 Å². The van der Waals surface area contributed by atoms with Gasteiger partial charge in [0.05, 0.1) is 12.7 Å². The van der Waals surface area contributed by atoms with E-state index in [-0.39, 0.29) is 30.9 Å². The highest BCUT2D eigenvalue weighted by molar-refractivity contribution is 5.85. The van der Waals surface area contributed by atoms with Crippen molar-refractivity contribution in [2.75, 3.05) is 33.3 Å². The molecule has 126 valence electrons. The van der Waals surface area contributed by atoms with Gasteiger partial charge in [-0.1, -0.05) is 12.1 Å². The van der Waals surface area contributed by atoms with Crippen molar-refractivity contribution in [1.82, 2.24) is 10.2 Å². The molecule has 0 amide bonds. The average molecular weight is 349 g/mol. The summed E-state index contributed by atoms with van der Waals surface area (Å²) >= 11 is 0. The van der Waals surface area contributed by atoms with E-state index in [4.69, 9.17) is 4.74 Å². The highest BCUT2D eigenvalue weighted by Crippen LogP contribution is 2.38. The molecule has 0 aromatic heterocycles. The zero-order valence-electron chi connectivity index (χ0n) is 13.0. The van der Waals surface area contributed by atoms with Crippen LogP contribution in [-0.4, -0.2) is 43.3 Å². The molecular formula is C16H26Cl2N2O2. The van der Waals surface area contributed by atoms with Crippen molar-refractivity contribution in [1.29, 1.82) is 0 Å². The Morgan fingerprint density at radius 3 is 2.64 bits per heavy atom. The van der Waals surface area contributed by atoms with Crippen LogP contribution in [0, 0.1) is 0 Å². The predicted molar refractivity (Wildman–Crippen MR) is 95.8 cm³/mol. The Morgan fingerprint density at radius 2 is 2.05 bits per heavy atom. The first-order valence-electron chi connectivity index (χ1n) is 7.19. The van der Waals surface area contributed by atoms with Crippen molar-refractivity contribution in [3.63, 3.8) is 0 Å². The van der Waals surface area contributed by atoms with Gasteiger partial charge < -0.3 is 15.2 Å². The molecule has 0 spiro atoms. The second-order valence-corrected chi connectivity index (χ2v) is 5.06. The van der Waals surface area contributed by atoms with Crippen LogP contribution in [0.4, 0.5) is 0 Å². The number of phenols is 1. The number of benzene rings is 1. The molecule has 0 saturated carbocycles. The Hall–Kier alpha value is -0.940. The van der Waals surface area contributed by atoms with Gasteiger partial charge in [0.1, 0.15) is 11.5 Å². The first-order chi connectivity index (χ1) is 9.77.